The van der Waals surface area contributed by atoms with Crippen molar-refractivity contribution in [3.05, 3.63) is 16.8 Å². The van der Waals surface area contributed by atoms with Crippen LogP contribution in [0.25, 0.3) is 11.0 Å². The van der Waals surface area contributed by atoms with Crippen LogP contribution >= 0.6 is 0 Å². The molecule has 2 aromatic heterocycles. The summed E-state index contributed by atoms with van der Waals surface area (Å²) in [7, 11) is 3.45. The Hall–Kier alpha value is -2.84. The molecule has 9 heteroatoms. The van der Waals surface area contributed by atoms with Crippen molar-refractivity contribution >= 4 is 23.0 Å². The van der Waals surface area contributed by atoms with Gasteiger partial charge in [0, 0.05) is 45.3 Å². The zero-order valence-electron chi connectivity index (χ0n) is 19.4. The maximum atomic E-state index is 12.8. The maximum Gasteiger partial charge on any atom is 0.409 e. The summed E-state index contributed by atoms with van der Waals surface area (Å²) >= 11 is 0. The Morgan fingerprint density at radius 1 is 1.10 bits per heavy atom. The second-order valence-corrected chi connectivity index (χ2v) is 8.47. The van der Waals surface area contributed by atoms with Gasteiger partial charge in [0.05, 0.1) is 19.1 Å². The summed E-state index contributed by atoms with van der Waals surface area (Å²) in [6, 6.07) is 0. The lowest BCUT2D eigenvalue weighted by atomic mass is 10.00. The third-order valence-corrected chi connectivity index (χ3v) is 5.74. The molecular weight excluding hydrogens is 398 g/mol. The topological polar surface area (TPSA) is 89.8 Å². The van der Waals surface area contributed by atoms with Gasteiger partial charge in [-0.15, -0.1) is 5.10 Å². The number of piperazine rings is 1. The first-order valence-corrected chi connectivity index (χ1v) is 10.8. The Morgan fingerprint density at radius 3 is 2.35 bits per heavy atom. The Labute approximate surface area is 183 Å². The van der Waals surface area contributed by atoms with Crippen LogP contribution in [0, 0.1) is 19.8 Å². The van der Waals surface area contributed by atoms with Gasteiger partial charge in [-0.25, -0.2) is 14.5 Å². The quantitative estimate of drug-likeness (QED) is 0.698. The van der Waals surface area contributed by atoms with Crippen LogP contribution in [0.3, 0.4) is 0 Å². The van der Waals surface area contributed by atoms with Crippen LogP contribution < -0.4 is 4.74 Å². The van der Waals surface area contributed by atoms with Crippen LogP contribution in [0.1, 0.15) is 37.1 Å². The molecular formula is C22H33N5O4. The molecule has 1 fully saturated rings. The van der Waals surface area contributed by atoms with E-state index in [1.54, 1.807) is 16.7 Å². The number of hydrogen-bond acceptors (Lipinski definition) is 6. The molecule has 0 aromatic carbocycles. The third kappa shape index (κ3) is 4.91. The highest BCUT2D eigenvalue weighted by molar-refractivity contribution is 5.86. The van der Waals surface area contributed by atoms with Crippen LogP contribution in [-0.4, -0.2) is 76.5 Å². The Balaban J connectivity index is 1.60. The minimum Gasteiger partial charge on any atom is -0.479 e. The Bertz CT molecular complexity index is 961. The first kappa shape index (κ1) is 22.8. The number of amides is 2. The molecule has 0 aliphatic carbocycles. The van der Waals surface area contributed by atoms with E-state index in [2.05, 4.69) is 5.10 Å². The Kier molecular flexibility index (Phi) is 7.02. The molecule has 3 heterocycles. The number of pyridine rings is 1. The summed E-state index contributed by atoms with van der Waals surface area (Å²) in [6.45, 7) is 10.5. The number of carbonyl (C=O) groups excluding carboxylic acids is 2. The van der Waals surface area contributed by atoms with E-state index >= 15 is 0 Å². The molecule has 170 valence electrons. The zero-order chi connectivity index (χ0) is 22.7. The van der Waals surface area contributed by atoms with E-state index in [0.717, 1.165) is 27.9 Å². The zero-order valence-corrected chi connectivity index (χ0v) is 19.4. The van der Waals surface area contributed by atoms with Gasteiger partial charge < -0.3 is 19.3 Å². The molecule has 0 saturated carbocycles. The largest absolute Gasteiger partial charge is 0.479 e. The average molecular weight is 432 g/mol. The summed E-state index contributed by atoms with van der Waals surface area (Å²) in [4.78, 5) is 33.1. The molecule has 2 aromatic rings. The minimum absolute atomic E-state index is 0.0900. The smallest absolute Gasteiger partial charge is 0.409 e. The molecule has 1 aliphatic rings. The monoisotopic (exact) mass is 431 g/mol. The van der Waals surface area contributed by atoms with E-state index in [1.165, 1.54) is 0 Å². The van der Waals surface area contributed by atoms with Crippen LogP contribution in [0.4, 0.5) is 4.79 Å². The van der Waals surface area contributed by atoms with Gasteiger partial charge in [-0.05, 0) is 37.3 Å². The van der Waals surface area contributed by atoms with Gasteiger partial charge in [-0.2, -0.15) is 0 Å². The van der Waals surface area contributed by atoms with Gasteiger partial charge in [-0.3, -0.25) is 4.79 Å². The molecule has 0 atom stereocenters. The van der Waals surface area contributed by atoms with E-state index in [9.17, 15) is 9.59 Å². The number of methoxy groups -OCH3 is 1. The van der Waals surface area contributed by atoms with Crippen molar-refractivity contribution in [1.82, 2.24) is 24.6 Å². The van der Waals surface area contributed by atoms with Gasteiger partial charge in [0.2, 0.25) is 11.8 Å². The number of ether oxygens (including phenoxy) is 2. The molecule has 0 N–H and O–H groups in total. The van der Waals surface area contributed by atoms with Gasteiger partial charge in [-0.1, -0.05) is 13.8 Å². The first-order chi connectivity index (χ1) is 14.7. The molecule has 0 radical (unpaired) electrons. The molecule has 0 spiro atoms. The van der Waals surface area contributed by atoms with Gasteiger partial charge >= 0.3 is 6.09 Å². The van der Waals surface area contributed by atoms with Crippen molar-refractivity contribution in [3.8, 4) is 5.88 Å². The highest BCUT2D eigenvalue weighted by Crippen LogP contribution is 2.30. The lowest BCUT2D eigenvalue weighted by Gasteiger charge is -2.34. The third-order valence-electron chi connectivity index (χ3n) is 5.74. The molecule has 0 unspecified atom stereocenters. The predicted molar refractivity (Wildman–Crippen MR) is 117 cm³/mol. The number of carbonyl (C=O) groups is 2. The van der Waals surface area contributed by atoms with Crippen LogP contribution in [0.5, 0.6) is 5.88 Å². The number of hydrogen-bond donors (Lipinski definition) is 0. The lowest BCUT2D eigenvalue weighted by Crippen LogP contribution is -2.50. The molecule has 0 bridgehead atoms. The standard InChI is InChI=1S/C22H33N5O4/c1-14(2)13-31-22(29)27-11-9-26(10-12-27)18(28)8-7-17-15(3)19-20(23-16(17)4)25(5)24-21(19)30-6/h14H,7-13H2,1-6H3. The van der Waals surface area contributed by atoms with Crippen LogP contribution in [-0.2, 0) is 23.0 Å². The number of rotatable bonds is 6. The first-order valence-electron chi connectivity index (χ1n) is 10.8. The van der Waals surface area contributed by atoms with E-state index in [-0.39, 0.29) is 12.0 Å². The fourth-order valence-electron chi connectivity index (χ4n) is 3.96. The van der Waals surface area contributed by atoms with Gasteiger partial charge in [0.25, 0.3) is 0 Å². The van der Waals surface area contributed by atoms with E-state index in [0.29, 0.717) is 57.4 Å². The van der Waals surface area contributed by atoms with Gasteiger partial charge in [0.15, 0.2) is 5.65 Å². The summed E-state index contributed by atoms with van der Waals surface area (Å²) < 4.78 is 12.4. The normalized spacial score (nSPS) is 14.4. The van der Waals surface area contributed by atoms with Gasteiger partial charge in [0.1, 0.15) is 0 Å². The van der Waals surface area contributed by atoms with Crippen molar-refractivity contribution in [1.29, 1.82) is 0 Å². The average Bonchev–Trinajstić information content (AvgIpc) is 3.07. The predicted octanol–water partition coefficient (Wildman–Crippen LogP) is 2.46. The van der Waals surface area contributed by atoms with Crippen molar-refractivity contribution in [2.24, 2.45) is 13.0 Å². The van der Waals surface area contributed by atoms with Crippen LogP contribution in [0.2, 0.25) is 0 Å². The van der Waals surface area contributed by atoms with Crippen molar-refractivity contribution in [2.45, 2.75) is 40.5 Å². The highest BCUT2D eigenvalue weighted by atomic mass is 16.6. The molecule has 3 rings (SSSR count). The number of fused-ring (bicyclic) bond motifs is 1. The highest BCUT2D eigenvalue weighted by Gasteiger charge is 2.25. The summed E-state index contributed by atoms with van der Waals surface area (Å²) in [6.07, 6.45) is 0.709. The van der Waals surface area contributed by atoms with Crippen molar-refractivity contribution < 1.29 is 19.1 Å². The molecule has 31 heavy (non-hydrogen) atoms. The van der Waals surface area contributed by atoms with E-state index in [4.69, 9.17) is 14.5 Å². The summed E-state index contributed by atoms with van der Waals surface area (Å²) in [5.74, 6) is 0.946. The number of aryl methyl sites for hydroxylation is 3. The lowest BCUT2D eigenvalue weighted by molar-refractivity contribution is -0.132. The van der Waals surface area contributed by atoms with Crippen molar-refractivity contribution in [3.63, 3.8) is 0 Å². The molecule has 1 saturated heterocycles. The second-order valence-electron chi connectivity index (χ2n) is 8.47. The fourth-order valence-corrected chi connectivity index (χ4v) is 3.96. The summed E-state index contributed by atoms with van der Waals surface area (Å²) in [5, 5.41) is 5.27. The maximum absolute atomic E-state index is 12.8. The number of aromatic nitrogens is 3. The van der Waals surface area contributed by atoms with Crippen LogP contribution in [0.15, 0.2) is 0 Å². The molecule has 9 nitrogen and oxygen atoms in total. The fraction of sp³-hybridized carbons (Fsp3) is 0.636. The molecule has 1 aliphatic heterocycles. The van der Waals surface area contributed by atoms with E-state index < -0.39 is 0 Å². The van der Waals surface area contributed by atoms with E-state index in [1.807, 2.05) is 39.6 Å². The SMILES string of the molecule is COc1nn(C)c2nc(C)c(CCC(=O)N3CCN(C(=O)OCC(C)C)CC3)c(C)c12. The second kappa shape index (κ2) is 9.53. The minimum atomic E-state index is -0.295. The Morgan fingerprint density at radius 2 is 1.74 bits per heavy atom. The number of nitrogens with zero attached hydrogens (tertiary/aromatic N) is 5. The molecule has 2 amide bonds. The summed E-state index contributed by atoms with van der Waals surface area (Å²) in [5.41, 5.74) is 3.80. The van der Waals surface area contributed by atoms with Crippen molar-refractivity contribution in [2.75, 3.05) is 39.9 Å².